The summed E-state index contributed by atoms with van der Waals surface area (Å²) in [5, 5.41) is 0. The van der Waals surface area contributed by atoms with Crippen molar-refractivity contribution in [3.05, 3.63) is 12.2 Å². The predicted octanol–water partition coefficient (Wildman–Crippen LogP) is 2.84. The Morgan fingerprint density at radius 2 is 2.05 bits per heavy atom. The number of carbonyl (C=O) groups is 1. The van der Waals surface area contributed by atoms with Gasteiger partial charge in [-0.05, 0) is 34.1 Å². The molecule has 0 aliphatic carbocycles. The number of halogens is 1. The van der Waals surface area contributed by atoms with E-state index in [1.165, 1.54) is 0 Å². The van der Waals surface area contributed by atoms with Crippen molar-refractivity contribution in [2.24, 2.45) is 0 Å². The largest absolute Gasteiger partial charge is 0.444 e. The highest BCUT2D eigenvalue weighted by atomic mass is 19.1. The minimum Gasteiger partial charge on any atom is -0.444 e. The van der Waals surface area contributed by atoms with Gasteiger partial charge >= 0.3 is 6.09 Å². The highest BCUT2D eigenvalue weighted by Crippen LogP contribution is 2.15. The second-order valence-electron chi connectivity index (χ2n) is 6.24. The van der Waals surface area contributed by atoms with Crippen molar-refractivity contribution < 1.29 is 13.9 Å². The van der Waals surface area contributed by atoms with Crippen LogP contribution < -0.4 is 0 Å². The van der Waals surface area contributed by atoms with E-state index in [-0.39, 0.29) is 12.1 Å². The molecule has 1 amide bonds. The third-order valence-corrected chi connectivity index (χ3v) is 3.21. The topological polar surface area (TPSA) is 32.8 Å². The number of allylic oxidation sites excluding steroid dienone is 1. The molecule has 0 unspecified atom stereocenters. The van der Waals surface area contributed by atoms with E-state index in [9.17, 15) is 9.18 Å². The molecule has 1 heterocycles. The molecule has 0 spiro atoms. The van der Waals surface area contributed by atoms with Crippen LogP contribution >= 0.6 is 0 Å². The van der Waals surface area contributed by atoms with Gasteiger partial charge in [0.2, 0.25) is 0 Å². The molecule has 1 aliphatic heterocycles. The summed E-state index contributed by atoms with van der Waals surface area (Å²) < 4.78 is 17.3. The lowest BCUT2D eigenvalue weighted by Crippen LogP contribution is -2.55. The van der Waals surface area contributed by atoms with Crippen LogP contribution in [0, 0.1) is 0 Å². The Morgan fingerprint density at radius 1 is 1.35 bits per heavy atom. The van der Waals surface area contributed by atoms with Gasteiger partial charge in [-0.15, -0.1) is 0 Å². The van der Waals surface area contributed by atoms with E-state index in [0.717, 1.165) is 26.1 Å². The summed E-state index contributed by atoms with van der Waals surface area (Å²) in [5.74, 6) is 0. The molecule has 0 bridgehead atoms. The molecule has 4 nitrogen and oxygen atoms in total. The molecule has 1 fully saturated rings. The molecule has 0 aromatic carbocycles. The summed E-state index contributed by atoms with van der Waals surface area (Å²) in [6.07, 6.45) is 4.02. The van der Waals surface area contributed by atoms with Gasteiger partial charge in [-0.1, -0.05) is 12.2 Å². The molecule has 0 N–H and O–H groups in total. The van der Waals surface area contributed by atoms with Gasteiger partial charge in [0.05, 0.1) is 0 Å². The zero-order valence-electron chi connectivity index (χ0n) is 13.1. The van der Waals surface area contributed by atoms with E-state index >= 15 is 0 Å². The van der Waals surface area contributed by atoms with Gasteiger partial charge in [-0.2, -0.15) is 0 Å². The van der Waals surface area contributed by atoms with Gasteiger partial charge in [0.25, 0.3) is 0 Å². The summed E-state index contributed by atoms with van der Waals surface area (Å²) in [6, 6.07) is 0.142. The predicted molar refractivity (Wildman–Crippen MR) is 78.6 cm³/mol. The summed E-state index contributed by atoms with van der Waals surface area (Å²) in [6.45, 7) is 10.5. The molecule has 1 aliphatic rings. The molecule has 116 valence electrons. The zero-order valence-corrected chi connectivity index (χ0v) is 13.1. The minimum absolute atomic E-state index is 0.142. The molecule has 20 heavy (non-hydrogen) atoms. The second kappa shape index (κ2) is 7.62. The van der Waals surface area contributed by atoms with Crippen LogP contribution in [0.15, 0.2) is 12.2 Å². The Bertz CT molecular complexity index is 339. The quantitative estimate of drug-likeness (QED) is 0.745. The number of alkyl halides is 1. The van der Waals surface area contributed by atoms with Crippen molar-refractivity contribution in [3.63, 3.8) is 0 Å². The molecule has 0 aromatic rings. The average molecular weight is 286 g/mol. The maximum Gasteiger partial charge on any atom is 0.410 e. The van der Waals surface area contributed by atoms with E-state index in [1.807, 2.05) is 33.8 Å². The number of ether oxygens (including phenoxy) is 1. The standard InChI is InChI=1S/C15H27FN2O2/c1-13-12-17(9-7-5-6-8-16)10-11-18(13)14(19)20-15(2,3)4/h5-6,13H,7-12H2,1-4H3/b6-5+/t13-/m1/s1. The lowest BCUT2D eigenvalue weighted by atomic mass is 10.2. The fourth-order valence-corrected chi connectivity index (χ4v) is 2.27. The van der Waals surface area contributed by atoms with Crippen LogP contribution in [0.3, 0.4) is 0 Å². The molecule has 0 radical (unpaired) electrons. The van der Waals surface area contributed by atoms with E-state index in [1.54, 1.807) is 11.0 Å². The first-order valence-corrected chi connectivity index (χ1v) is 7.26. The first-order chi connectivity index (χ1) is 9.33. The Morgan fingerprint density at radius 3 is 2.60 bits per heavy atom. The Hall–Kier alpha value is -1.10. The van der Waals surface area contributed by atoms with Crippen molar-refractivity contribution in [3.8, 4) is 0 Å². The van der Waals surface area contributed by atoms with Crippen LogP contribution in [0.4, 0.5) is 9.18 Å². The fraction of sp³-hybridized carbons (Fsp3) is 0.800. The van der Waals surface area contributed by atoms with E-state index in [2.05, 4.69) is 4.90 Å². The normalized spacial score (nSPS) is 21.4. The SMILES string of the molecule is C[C@@H]1CN(CC/C=C/CF)CCN1C(=O)OC(C)(C)C. The molecule has 0 aromatic heterocycles. The molecule has 5 heteroatoms. The fourth-order valence-electron chi connectivity index (χ4n) is 2.27. The summed E-state index contributed by atoms with van der Waals surface area (Å²) in [4.78, 5) is 16.2. The molecule has 1 atom stereocenters. The Balaban J connectivity index is 2.39. The smallest absolute Gasteiger partial charge is 0.410 e. The number of carbonyl (C=O) groups excluding carboxylic acids is 1. The maximum absolute atomic E-state index is 12.1. The monoisotopic (exact) mass is 286 g/mol. The Kier molecular flexibility index (Phi) is 6.46. The van der Waals surface area contributed by atoms with Crippen molar-refractivity contribution in [1.29, 1.82) is 0 Å². The number of nitrogens with zero attached hydrogens (tertiary/aromatic N) is 2. The van der Waals surface area contributed by atoms with Crippen molar-refractivity contribution in [2.75, 3.05) is 32.9 Å². The number of rotatable bonds is 4. The molecule has 1 saturated heterocycles. The maximum atomic E-state index is 12.1. The minimum atomic E-state index is -0.453. The second-order valence-corrected chi connectivity index (χ2v) is 6.24. The van der Waals surface area contributed by atoms with Gasteiger partial charge < -0.3 is 9.64 Å². The summed E-state index contributed by atoms with van der Waals surface area (Å²) >= 11 is 0. The lowest BCUT2D eigenvalue weighted by Gasteiger charge is -2.40. The first kappa shape index (κ1) is 17.0. The zero-order chi connectivity index (χ0) is 15.2. The van der Waals surface area contributed by atoms with Crippen LogP contribution in [0.1, 0.15) is 34.1 Å². The van der Waals surface area contributed by atoms with Crippen LogP contribution in [-0.2, 0) is 4.74 Å². The summed E-state index contributed by atoms with van der Waals surface area (Å²) in [7, 11) is 0. The number of piperazine rings is 1. The van der Waals surface area contributed by atoms with Crippen LogP contribution in [0.2, 0.25) is 0 Å². The van der Waals surface area contributed by atoms with Crippen LogP contribution in [-0.4, -0.2) is 60.4 Å². The molecule has 0 saturated carbocycles. The first-order valence-electron chi connectivity index (χ1n) is 7.26. The third kappa shape index (κ3) is 5.90. The van der Waals surface area contributed by atoms with Crippen molar-refractivity contribution in [2.45, 2.75) is 45.8 Å². The van der Waals surface area contributed by atoms with E-state index < -0.39 is 12.3 Å². The Labute approximate surface area is 121 Å². The third-order valence-electron chi connectivity index (χ3n) is 3.21. The molecule has 1 rings (SSSR count). The van der Waals surface area contributed by atoms with Crippen LogP contribution in [0.25, 0.3) is 0 Å². The van der Waals surface area contributed by atoms with Crippen LogP contribution in [0.5, 0.6) is 0 Å². The van der Waals surface area contributed by atoms with Crippen molar-refractivity contribution >= 4 is 6.09 Å². The van der Waals surface area contributed by atoms with Gasteiger partial charge in [0, 0.05) is 32.2 Å². The average Bonchev–Trinajstić information content (AvgIpc) is 2.32. The van der Waals surface area contributed by atoms with Gasteiger partial charge in [-0.3, -0.25) is 4.90 Å². The number of amides is 1. The lowest BCUT2D eigenvalue weighted by molar-refractivity contribution is 0.00170. The summed E-state index contributed by atoms with van der Waals surface area (Å²) in [5.41, 5.74) is -0.453. The molecular weight excluding hydrogens is 259 g/mol. The molecular formula is C15H27FN2O2. The van der Waals surface area contributed by atoms with Gasteiger partial charge in [0.15, 0.2) is 0 Å². The highest BCUT2D eigenvalue weighted by molar-refractivity contribution is 5.68. The highest BCUT2D eigenvalue weighted by Gasteiger charge is 2.30. The van der Waals surface area contributed by atoms with Gasteiger partial charge in [0.1, 0.15) is 12.3 Å². The number of hydrogen-bond acceptors (Lipinski definition) is 3. The van der Waals surface area contributed by atoms with Crippen molar-refractivity contribution in [1.82, 2.24) is 9.80 Å². The van der Waals surface area contributed by atoms with E-state index in [4.69, 9.17) is 4.74 Å². The number of hydrogen-bond donors (Lipinski definition) is 0. The van der Waals surface area contributed by atoms with Gasteiger partial charge in [-0.25, -0.2) is 9.18 Å². The van der Waals surface area contributed by atoms with E-state index in [0.29, 0.717) is 6.54 Å².